The molecule has 0 heterocycles. The Hall–Kier alpha value is -2.78. The van der Waals surface area contributed by atoms with Crippen molar-refractivity contribution >= 4 is 23.2 Å². The highest BCUT2D eigenvalue weighted by atomic mass is 35.5. The molecule has 3 nitrogen and oxygen atoms in total. The Morgan fingerprint density at radius 3 is 2.32 bits per heavy atom. The zero-order valence-electron chi connectivity index (χ0n) is 13.8. The van der Waals surface area contributed by atoms with Crippen molar-refractivity contribution in [2.45, 2.75) is 6.42 Å². The molecule has 0 atom stereocenters. The number of ether oxygens (including phenoxy) is 1. The van der Waals surface area contributed by atoms with E-state index in [-0.39, 0.29) is 12.3 Å². The molecule has 3 rings (SSSR count). The van der Waals surface area contributed by atoms with Gasteiger partial charge in [0.15, 0.2) is 0 Å². The zero-order chi connectivity index (χ0) is 17.6. The first-order valence-electron chi connectivity index (χ1n) is 7.93. The van der Waals surface area contributed by atoms with Crippen molar-refractivity contribution in [3.63, 3.8) is 0 Å². The van der Waals surface area contributed by atoms with E-state index >= 15 is 0 Å². The molecule has 1 N–H and O–H groups in total. The minimum Gasteiger partial charge on any atom is -0.495 e. The van der Waals surface area contributed by atoms with Gasteiger partial charge in [-0.25, -0.2) is 0 Å². The summed E-state index contributed by atoms with van der Waals surface area (Å²) in [7, 11) is 1.56. The fourth-order valence-electron chi connectivity index (χ4n) is 2.60. The van der Waals surface area contributed by atoms with E-state index in [1.807, 2.05) is 42.5 Å². The van der Waals surface area contributed by atoms with Gasteiger partial charge in [-0.3, -0.25) is 4.79 Å². The third kappa shape index (κ3) is 4.40. The Bertz CT molecular complexity index is 861. The lowest BCUT2D eigenvalue weighted by molar-refractivity contribution is -0.115. The van der Waals surface area contributed by atoms with Gasteiger partial charge >= 0.3 is 0 Å². The summed E-state index contributed by atoms with van der Waals surface area (Å²) < 4.78 is 5.24. The first-order valence-corrected chi connectivity index (χ1v) is 8.31. The molecule has 0 aromatic heterocycles. The predicted octanol–water partition coefficient (Wildman–Crippen LogP) is 5.20. The van der Waals surface area contributed by atoms with Gasteiger partial charge in [-0.1, -0.05) is 66.2 Å². The maximum absolute atomic E-state index is 12.3. The Labute approximate surface area is 152 Å². The molecule has 0 spiro atoms. The third-order valence-electron chi connectivity index (χ3n) is 3.86. The molecule has 0 fully saturated rings. The van der Waals surface area contributed by atoms with Crippen LogP contribution in [0.2, 0.25) is 5.02 Å². The third-order valence-corrected chi connectivity index (χ3v) is 4.10. The molecule has 0 saturated carbocycles. The van der Waals surface area contributed by atoms with Crippen LogP contribution < -0.4 is 10.1 Å². The second-order valence-corrected chi connectivity index (χ2v) is 6.07. The van der Waals surface area contributed by atoms with Crippen LogP contribution in [0.25, 0.3) is 11.1 Å². The van der Waals surface area contributed by atoms with Crippen LogP contribution in [0.1, 0.15) is 5.56 Å². The number of amides is 1. The largest absolute Gasteiger partial charge is 0.495 e. The van der Waals surface area contributed by atoms with Gasteiger partial charge in [0, 0.05) is 5.02 Å². The van der Waals surface area contributed by atoms with Gasteiger partial charge in [-0.15, -0.1) is 0 Å². The molecule has 0 aliphatic carbocycles. The molecule has 3 aromatic carbocycles. The Morgan fingerprint density at radius 2 is 1.64 bits per heavy atom. The number of benzene rings is 3. The number of rotatable bonds is 5. The van der Waals surface area contributed by atoms with Crippen LogP contribution in [0.5, 0.6) is 5.75 Å². The van der Waals surface area contributed by atoms with Gasteiger partial charge in [0.1, 0.15) is 5.75 Å². The summed E-state index contributed by atoms with van der Waals surface area (Å²) >= 11 is 5.99. The molecule has 25 heavy (non-hydrogen) atoms. The average Bonchev–Trinajstić information content (AvgIpc) is 2.63. The van der Waals surface area contributed by atoms with E-state index in [0.29, 0.717) is 16.5 Å². The summed E-state index contributed by atoms with van der Waals surface area (Å²) in [6, 6.07) is 23.3. The number of hydrogen-bond acceptors (Lipinski definition) is 2. The van der Waals surface area contributed by atoms with Crippen LogP contribution >= 0.6 is 11.6 Å². The number of hydrogen-bond donors (Lipinski definition) is 1. The number of anilines is 1. The highest BCUT2D eigenvalue weighted by molar-refractivity contribution is 6.31. The normalized spacial score (nSPS) is 10.3. The van der Waals surface area contributed by atoms with Gasteiger partial charge in [0.25, 0.3) is 0 Å². The van der Waals surface area contributed by atoms with Crippen molar-refractivity contribution in [1.82, 2.24) is 0 Å². The lowest BCUT2D eigenvalue weighted by Gasteiger charge is -2.11. The minimum atomic E-state index is -0.118. The predicted molar refractivity (Wildman–Crippen MR) is 102 cm³/mol. The van der Waals surface area contributed by atoms with E-state index in [1.54, 1.807) is 25.3 Å². The molecule has 126 valence electrons. The molecule has 0 unspecified atom stereocenters. The summed E-state index contributed by atoms with van der Waals surface area (Å²) in [4.78, 5) is 12.3. The Kier molecular flexibility index (Phi) is 5.36. The van der Waals surface area contributed by atoms with E-state index < -0.39 is 0 Å². The van der Waals surface area contributed by atoms with Crippen LogP contribution in [-0.4, -0.2) is 13.0 Å². The quantitative estimate of drug-likeness (QED) is 0.686. The molecule has 0 bridgehead atoms. The van der Waals surface area contributed by atoms with Gasteiger partial charge in [0.2, 0.25) is 5.91 Å². The number of carbonyl (C=O) groups excluding carboxylic acids is 1. The Balaban J connectivity index is 1.68. The van der Waals surface area contributed by atoms with Gasteiger partial charge < -0.3 is 10.1 Å². The molecule has 3 aromatic rings. The first kappa shape index (κ1) is 17.1. The van der Waals surface area contributed by atoms with Gasteiger partial charge in [0.05, 0.1) is 19.2 Å². The van der Waals surface area contributed by atoms with E-state index in [9.17, 15) is 4.79 Å². The van der Waals surface area contributed by atoms with Crippen molar-refractivity contribution in [3.05, 3.63) is 83.4 Å². The maximum Gasteiger partial charge on any atom is 0.228 e. The summed E-state index contributed by atoms with van der Waals surface area (Å²) in [5.41, 5.74) is 3.79. The lowest BCUT2D eigenvalue weighted by atomic mass is 10.0. The van der Waals surface area contributed by atoms with Crippen LogP contribution in [0, 0.1) is 0 Å². The number of halogens is 1. The van der Waals surface area contributed by atoms with E-state index in [4.69, 9.17) is 16.3 Å². The van der Waals surface area contributed by atoms with Crippen LogP contribution in [0.3, 0.4) is 0 Å². The molecule has 0 aliphatic rings. The molecular formula is C21H18ClNO2. The van der Waals surface area contributed by atoms with E-state index in [2.05, 4.69) is 17.4 Å². The highest BCUT2D eigenvalue weighted by Crippen LogP contribution is 2.28. The summed E-state index contributed by atoms with van der Waals surface area (Å²) in [5, 5.41) is 3.39. The SMILES string of the molecule is COc1ccc(Cl)cc1NC(=O)Cc1ccc(-c2ccccc2)cc1. The van der Waals surface area contributed by atoms with Crippen molar-refractivity contribution in [3.8, 4) is 16.9 Å². The summed E-state index contributed by atoms with van der Waals surface area (Å²) in [5.74, 6) is 0.463. The molecular weight excluding hydrogens is 334 g/mol. The number of methoxy groups -OCH3 is 1. The fourth-order valence-corrected chi connectivity index (χ4v) is 2.78. The zero-order valence-corrected chi connectivity index (χ0v) is 14.6. The molecule has 1 amide bonds. The molecule has 0 radical (unpaired) electrons. The number of nitrogens with one attached hydrogen (secondary N) is 1. The second-order valence-electron chi connectivity index (χ2n) is 5.63. The molecule has 4 heteroatoms. The monoisotopic (exact) mass is 351 g/mol. The van der Waals surface area contributed by atoms with Crippen LogP contribution in [0.4, 0.5) is 5.69 Å². The van der Waals surface area contributed by atoms with Crippen molar-refractivity contribution in [2.75, 3.05) is 12.4 Å². The van der Waals surface area contributed by atoms with Crippen LogP contribution in [0.15, 0.2) is 72.8 Å². The van der Waals surface area contributed by atoms with Gasteiger partial charge in [-0.05, 0) is 34.9 Å². The van der Waals surface area contributed by atoms with E-state index in [1.165, 1.54) is 0 Å². The van der Waals surface area contributed by atoms with Crippen molar-refractivity contribution in [1.29, 1.82) is 0 Å². The second kappa shape index (κ2) is 7.86. The smallest absolute Gasteiger partial charge is 0.228 e. The lowest BCUT2D eigenvalue weighted by Crippen LogP contribution is -2.15. The first-order chi connectivity index (χ1) is 12.2. The fraction of sp³-hybridized carbons (Fsp3) is 0.0952. The van der Waals surface area contributed by atoms with Crippen molar-refractivity contribution in [2.24, 2.45) is 0 Å². The molecule has 0 aliphatic heterocycles. The average molecular weight is 352 g/mol. The number of carbonyl (C=O) groups is 1. The van der Waals surface area contributed by atoms with E-state index in [0.717, 1.165) is 16.7 Å². The Morgan fingerprint density at radius 1 is 0.960 bits per heavy atom. The topological polar surface area (TPSA) is 38.3 Å². The summed E-state index contributed by atoms with van der Waals surface area (Å²) in [6.45, 7) is 0. The standard InChI is InChI=1S/C21H18ClNO2/c1-25-20-12-11-18(22)14-19(20)23-21(24)13-15-7-9-17(10-8-15)16-5-3-2-4-6-16/h2-12,14H,13H2,1H3,(H,23,24). The highest BCUT2D eigenvalue weighted by Gasteiger charge is 2.09. The molecule has 0 saturated heterocycles. The van der Waals surface area contributed by atoms with Crippen LogP contribution in [-0.2, 0) is 11.2 Å². The minimum absolute atomic E-state index is 0.118. The van der Waals surface area contributed by atoms with Crippen molar-refractivity contribution < 1.29 is 9.53 Å². The van der Waals surface area contributed by atoms with Gasteiger partial charge in [-0.2, -0.15) is 0 Å². The summed E-state index contributed by atoms with van der Waals surface area (Å²) in [6.07, 6.45) is 0.282. The maximum atomic E-state index is 12.3.